The summed E-state index contributed by atoms with van der Waals surface area (Å²) < 4.78 is 5.12. The fourth-order valence-corrected chi connectivity index (χ4v) is 2.82. The number of amides is 2. The Balaban J connectivity index is 2.03. The van der Waals surface area contributed by atoms with Gasteiger partial charge in [0.2, 0.25) is 11.8 Å². The average molecular weight is 381 g/mol. The molecule has 0 aliphatic heterocycles. The van der Waals surface area contributed by atoms with Gasteiger partial charge in [-0.3, -0.25) is 9.59 Å². The molecule has 0 fully saturated rings. The average Bonchev–Trinajstić information content (AvgIpc) is 2.54. The lowest BCUT2D eigenvalue weighted by Gasteiger charge is -2.21. The van der Waals surface area contributed by atoms with Crippen LogP contribution in [0.2, 0.25) is 10.0 Å². The number of nitrogens with one attached hydrogen (secondary N) is 1. The molecule has 0 aliphatic carbocycles. The number of carbonyl (C=O) groups is 2. The van der Waals surface area contributed by atoms with Crippen molar-refractivity contribution in [3.05, 3.63) is 52.5 Å². The van der Waals surface area contributed by atoms with E-state index in [1.165, 1.54) is 11.8 Å². The zero-order chi connectivity index (χ0) is 18.4. The number of rotatable bonds is 6. The van der Waals surface area contributed by atoms with Crippen LogP contribution in [-0.4, -0.2) is 25.5 Å². The monoisotopic (exact) mass is 380 g/mol. The Hall–Kier alpha value is -2.24. The van der Waals surface area contributed by atoms with Gasteiger partial charge >= 0.3 is 0 Å². The summed E-state index contributed by atoms with van der Waals surface area (Å²) >= 11 is 12.0. The fraction of sp³-hybridized carbons (Fsp3) is 0.222. The van der Waals surface area contributed by atoms with Crippen LogP contribution in [0.4, 0.5) is 11.4 Å². The number of hydrogen-bond acceptors (Lipinski definition) is 3. The van der Waals surface area contributed by atoms with Crippen molar-refractivity contribution in [1.82, 2.24) is 0 Å². The van der Waals surface area contributed by atoms with Crippen LogP contribution in [0.15, 0.2) is 42.5 Å². The van der Waals surface area contributed by atoms with Gasteiger partial charge in [0.05, 0.1) is 7.11 Å². The molecule has 2 rings (SSSR count). The largest absolute Gasteiger partial charge is 0.497 e. The third-order valence-corrected chi connectivity index (χ3v) is 3.89. The van der Waals surface area contributed by atoms with Crippen molar-refractivity contribution in [1.29, 1.82) is 0 Å². The molecule has 0 atom stereocenters. The number of halogens is 2. The summed E-state index contributed by atoms with van der Waals surface area (Å²) in [4.78, 5) is 25.5. The van der Waals surface area contributed by atoms with Crippen LogP contribution >= 0.6 is 23.2 Å². The molecule has 0 heterocycles. The first kappa shape index (κ1) is 19.1. The van der Waals surface area contributed by atoms with Crippen LogP contribution in [-0.2, 0) is 9.59 Å². The highest BCUT2D eigenvalue weighted by atomic mass is 35.5. The molecule has 0 bridgehead atoms. The van der Waals surface area contributed by atoms with E-state index in [9.17, 15) is 9.59 Å². The summed E-state index contributed by atoms with van der Waals surface area (Å²) in [5.74, 6) is 0.233. The minimum atomic E-state index is -0.215. The Bertz CT molecular complexity index is 760. The van der Waals surface area contributed by atoms with Crippen LogP contribution in [0, 0.1) is 0 Å². The van der Waals surface area contributed by atoms with E-state index in [-0.39, 0.29) is 24.8 Å². The number of nitrogens with zero attached hydrogens (tertiary/aromatic N) is 1. The van der Waals surface area contributed by atoms with Gasteiger partial charge in [-0.2, -0.15) is 0 Å². The highest BCUT2D eigenvalue weighted by molar-refractivity contribution is 6.35. The van der Waals surface area contributed by atoms with Gasteiger partial charge in [0.1, 0.15) is 5.75 Å². The molecule has 2 aromatic rings. The zero-order valence-electron chi connectivity index (χ0n) is 13.9. The van der Waals surface area contributed by atoms with Gasteiger partial charge in [-0.05, 0) is 30.3 Å². The van der Waals surface area contributed by atoms with Crippen molar-refractivity contribution < 1.29 is 14.3 Å². The predicted octanol–water partition coefficient (Wildman–Crippen LogP) is 4.38. The summed E-state index contributed by atoms with van der Waals surface area (Å²) in [6, 6.07) is 11.9. The van der Waals surface area contributed by atoms with Crippen molar-refractivity contribution in [2.75, 3.05) is 23.9 Å². The molecule has 0 aromatic heterocycles. The number of hydrogen-bond donors (Lipinski definition) is 1. The van der Waals surface area contributed by atoms with Crippen LogP contribution in [0.25, 0.3) is 0 Å². The molecule has 0 unspecified atom stereocenters. The smallest absolute Gasteiger partial charge is 0.226 e. The number of methoxy groups -OCH3 is 1. The minimum absolute atomic E-state index is 0.126. The van der Waals surface area contributed by atoms with E-state index in [0.717, 1.165) is 0 Å². The Morgan fingerprint density at radius 2 is 1.80 bits per heavy atom. The van der Waals surface area contributed by atoms with Crippen molar-refractivity contribution in [3.8, 4) is 5.75 Å². The summed E-state index contributed by atoms with van der Waals surface area (Å²) in [5, 5.41) is 3.63. The van der Waals surface area contributed by atoms with Gasteiger partial charge in [0.25, 0.3) is 0 Å². The molecule has 5 nitrogen and oxygen atoms in total. The molecule has 0 aliphatic rings. The molecular weight excluding hydrogens is 363 g/mol. The van der Waals surface area contributed by atoms with Crippen molar-refractivity contribution in [2.45, 2.75) is 13.3 Å². The molecule has 0 spiro atoms. The first-order valence-electron chi connectivity index (χ1n) is 7.57. The predicted molar refractivity (Wildman–Crippen MR) is 101 cm³/mol. The lowest BCUT2D eigenvalue weighted by atomic mass is 10.2. The van der Waals surface area contributed by atoms with Crippen molar-refractivity contribution in [2.24, 2.45) is 0 Å². The SMILES string of the molecule is COc1cccc(NC(=O)CCN(C(C)=O)c2cc(Cl)cc(Cl)c2)c1. The van der Waals surface area contributed by atoms with Gasteiger partial charge in [-0.15, -0.1) is 0 Å². The van der Waals surface area contributed by atoms with Crippen LogP contribution < -0.4 is 15.0 Å². The maximum Gasteiger partial charge on any atom is 0.226 e. The molecule has 132 valence electrons. The van der Waals surface area contributed by atoms with E-state index < -0.39 is 0 Å². The molecule has 1 N–H and O–H groups in total. The second-order valence-electron chi connectivity index (χ2n) is 5.33. The quantitative estimate of drug-likeness (QED) is 0.808. The topological polar surface area (TPSA) is 58.6 Å². The van der Waals surface area contributed by atoms with Crippen LogP contribution in [0.5, 0.6) is 5.75 Å². The molecule has 0 saturated heterocycles. The second-order valence-corrected chi connectivity index (χ2v) is 6.20. The Labute approximate surface area is 156 Å². The lowest BCUT2D eigenvalue weighted by Crippen LogP contribution is -2.32. The number of ether oxygens (including phenoxy) is 1. The first-order chi connectivity index (χ1) is 11.9. The minimum Gasteiger partial charge on any atom is -0.497 e. The highest BCUT2D eigenvalue weighted by Crippen LogP contribution is 2.26. The zero-order valence-corrected chi connectivity index (χ0v) is 15.4. The van der Waals surface area contributed by atoms with Crippen molar-refractivity contribution >= 4 is 46.4 Å². The maximum absolute atomic E-state index is 12.2. The molecule has 2 amide bonds. The van der Waals surface area contributed by atoms with E-state index in [0.29, 0.717) is 27.2 Å². The standard InChI is InChI=1S/C18H18Cl2N2O3/c1-12(23)22(16-9-13(19)8-14(20)10-16)7-6-18(24)21-15-4-3-5-17(11-15)25-2/h3-5,8-11H,6-7H2,1-2H3,(H,21,24). The lowest BCUT2D eigenvalue weighted by molar-refractivity contribution is -0.117. The Morgan fingerprint density at radius 1 is 1.12 bits per heavy atom. The summed E-state index contributed by atoms with van der Waals surface area (Å²) in [6.07, 6.45) is 0.126. The molecule has 7 heteroatoms. The van der Waals surface area contributed by atoms with E-state index in [2.05, 4.69) is 5.32 Å². The Kier molecular flexibility index (Phi) is 6.67. The molecule has 2 aromatic carbocycles. The third-order valence-electron chi connectivity index (χ3n) is 3.46. The molecule has 25 heavy (non-hydrogen) atoms. The highest BCUT2D eigenvalue weighted by Gasteiger charge is 2.15. The van der Waals surface area contributed by atoms with Gasteiger partial charge in [0.15, 0.2) is 0 Å². The van der Waals surface area contributed by atoms with Gasteiger partial charge < -0.3 is 15.0 Å². The van der Waals surface area contributed by atoms with E-state index in [1.54, 1.807) is 49.6 Å². The van der Waals surface area contributed by atoms with Gasteiger partial charge in [0, 0.05) is 47.4 Å². The fourth-order valence-electron chi connectivity index (χ4n) is 2.30. The molecular formula is C18H18Cl2N2O3. The van der Waals surface area contributed by atoms with Crippen molar-refractivity contribution in [3.63, 3.8) is 0 Å². The summed E-state index contributed by atoms with van der Waals surface area (Å²) in [7, 11) is 1.56. The Morgan fingerprint density at radius 3 is 2.40 bits per heavy atom. The van der Waals surface area contributed by atoms with Crippen LogP contribution in [0.3, 0.4) is 0 Å². The second kappa shape index (κ2) is 8.74. The first-order valence-corrected chi connectivity index (χ1v) is 8.32. The van der Waals surface area contributed by atoms with E-state index in [1.807, 2.05) is 0 Å². The van der Waals surface area contributed by atoms with Crippen LogP contribution in [0.1, 0.15) is 13.3 Å². The van der Waals surface area contributed by atoms with Gasteiger partial charge in [-0.1, -0.05) is 29.3 Å². The number of anilines is 2. The normalized spacial score (nSPS) is 10.2. The third kappa shape index (κ3) is 5.66. The van der Waals surface area contributed by atoms with Gasteiger partial charge in [-0.25, -0.2) is 0 Å². The number of carbonyl (C=O) groups excluding carboxylic acids is 2. The number of benzene rings is 2. The van der Waals surface area contributed by atoms with E-state index >= 15 is 0 Å². The van der Waals surface area contributed by atoms with E-state index in [4.69, 9.17) is 27.9 Å². The molecule has 0 saturated carbocycles. The summed E-state index contributed by atoms with van der Waals surface area (Å²) in [6.45, 7) is 1.64. The maximum atomic E-state index is 12.2. The molecule has 0 radical (unpaired) electrons. The summed E-state index contributed by atoms with van der Waals surface area (Å²) in [5.41, 5.74) is 1.18.